The van der Waals surface area contributed by atoms with Crippen LogP contribution >= 0.6 is 11.6 Å². The van der Waals surface area contributed by atoms with Crippen LogP contribution in [0.4, 0.5) is 5.69 Å². The molecular formula is C21H19ClN2O4. The molecule has 144 valence electrons. The summed E-state index contributed by atoms with van der Waals surface area (Å²) in [5.41, 5.74) is 1.93. The molecule has 1 fully saturated rings. The van der Waals surface area contributed by atoms with Crippen LogP contribution in [0, 0.1) is 0 Å². The van der Waals surface area contributed by atoms with E-state index in [1.807, 2.05) is 6.07 Å². The van der Waals surface area contributed by atoms with Crippen molar-refractivity contribution in [2.24, 2.45) is 0 Å². The van der Waals surface area contributed by atoms with Gasteiger partial charge in [0.1, 0.15) is 0 Å². The quantitative estimate of drug-likeness (QED) is 0.805. The number of fused-ring (bicyclic) bond motifs is 1. The van der Waals surface area contributed by atoms with Crippen LogP contribution in [0.15, 0.2) is 42.5 Å². The fraction of sp³-hybridized carbons (Fsp3) is 0.286. The second kappa shape index (κ2) is 7.64. The van der Waals surface area contributed by atoms with Gasteiger partial charge < -0.3 is 15.0 Å². The molecule has 1 N–H and O–H groups in total. The van der Waals surface area contributed by atoms with Gasteiger partial charge in [-0.25, -0.2) is 4.79 Å². The zero-order valence-electron chi connectivity index (χ0n) is 15.1. The number of hydrogen-bond donors (Lipinski definition) is 1. The molecule has 7 heteroatoms. The lowest BCUT2D eigenvalue weighted by molar-refractivity contribution is -0.125. The Morgan fingerprint density at radius 3 is 2.64 bits per heavy atom. The molecule has 1 unspecified atom stereocenters. The number of carbonyl (C=O) groups excluding carboxylic acids is 3. The molecule has 0 bridgehead atoms. The fourth-order valence-corrected chi connectivity index (χ4v) is 3.76. The largest absolute Gasteiger partial charge is 0.448 e. The maximum absolute atomic E-state index is 12.8. The summed E-state index contributed by atoms with van der Waals surface area (Å²) in [6, 6.07) is 11.8. The molecule has 0 radical (unpaired) electrons. The van der Waals surface area contributed by atoms with Gasteiger partial charge >= 0.3 is 5.97 Å². The Hall–Kier alpha value is -2.86. The number of rotatable bonds is 3. The van der Waals surface area contributed by atoms with Gasteiger partial charge in [0.05, 0.1) is 16.8 Å². The molecule has 1 saturated heterocycles. The Morgan fingerprint density at radius 1 is 1.11 bits per heavy atom. The number of nitrogens with zero attached hydrogens (tertiary/aromatic N) is 1. The average molecular weight is 399 g/mol. The molecule has 0 spiro atoms. The van der Waals surface area contributed by atoms with Crippen LogP contribution in [0.1, 0.15) is 39.1 Å². The lowest BCUT2D eigenvalue weighted by Crippen LogP contribution is -2.38. The van der Waals surface area contributed by atoms with E-state index in [1.165, 1.54) is 0 Å². The van der Waals surface area contributed by atoms with Crippen molar-refractivity contribution in [1.82, 2.24) is 4.90 Å². The molecule has 0 aliphatic carbocycles. The number of hydrogen-bond acceptors (Lipinski definition) is 4. The Labute approximate surface area is 167 Å². The Bertz CT molecular complexity index is 953. The zero-order chi connectivity index (χ0) is 19.7. The van der Waals surface area contributed by atoms with E-state index in [0.29, 0.717) is 34.9 Å². The van der Waals surface area contributed by atoms with Gasteiger partial charge in [-0.2, -0.15) is 0 Å². The first-order valence-electron chi connectivity index (χ1n) is 9.21. The van der Waals surface area contributed by atoms with E-state index >= 15 is 0 Å². The number of halogens is 1. The number of likely N-dealkylation sites (tertiary alicyclic amines) is 1. The molecule has 1 atom stereocenters. The van der Waals surface area contributed by atoms with Gasteiger partial charge in [-0.3, -0.25) is 9.59 Å². The van der Waals surface area contributed by atoms with Crippen LogP contribution in [-0.4, -0.2) is 41.9 Å². The van der Waals surface area contributed by atoms with E-state index in [-0.39, 0.29) is 12.3 Å². The van der Waals surface area contributed by atoms with E-state index in [4.69, 9.17) is 16.3 Å². The molecule has 0 aromatic heterocycles. The molecule has 6 nitrogen and oxygen atoms in total. The lowest BCUT2D eigenvalue weighted by Gasteiger charge is -2.24. The van der Waals surface area contributed by atoms with Crippen LogP contribution in [0.3, 0.4) is 0 Å². The number of amides is 2. The van der Waals surface area contributed by atoms with Gasteiger partial charge in [0.2, 0.25) is 0 Å². The number of cyclic esters (lactones) is 1. The second-order valence-electron chi connectivity index (χ2n) is 6.93. The maximum Gasteiger partial charge on any atom is 0.339 e. The number of benzene rings is 2. The molecule has 2 aromatic carbocycles. The summed E-state index contributed by atoms with van der Waals surface area (Å²) in [7, 11) is 0. The summed E-state index contributed by atoms with van der Waals surface area (Å²) in [4.78, 5) is 39.5. The molecule has 2 amide bonds. The van der Waals surface area contributed by atoms with Crippen LogP contribution in [-0.2, 0) is 16.0 Å². The standard InChI is InChI=1S/C21H19ClN2O4/c22-14-7-8-16(20(26)24-9-3-4-10-24)17(12-14)23-19(25)18-11-13-5-1-2-6-15(13)21(27)28-18/h1-2,5-8,12,18H,3-4,9-11H2,(H,23,25). The van der Waals surface area contributed by atoms with Crippen LogP contribution in [0.25, 0.3) is 0 Å². The minimum absolute atomic E-state index is 0.143. The lowest BCUT2D eigenvalue weighted by atomic mass is 9.98. The molecule has 28 heavy (non-hydrogen) atoms. The van der Waals surface area contributed by atoms with Crippen molar-refractivity contribution in [1.29, 1.82) is 0 Å². The SMILES string of the molecule is O=C1OC(C(=O)Nc2cc(Cl)ccc2C(=O)N2CCCC2)Cc2ccccc21. The molecule has 4 rings (SSSR count). The summed E-state index contributed by atoms with van der Waals surface area (Å²) in [5.74, 6) is -1.16. The number of esters is 1. The summed E-state index contributed by atoms with van der Waals surface area (Å²) >= 11 is 6.08. The predicted molar refractivity (Wildman–Crippen MR) is 105 cm³/mol. The Morgan fingerprint density at radius 2 is 1.86 bits per heavy atom. The fourth-order valence-electron chi connectivity index (χ4n) is 3.59. The topological polar surface area (TPSA) is 75.7 Å². The highest BCUT2D eigenvalue weighted by Crippen LogP contribution is 2.26. The van der Waals surface area contributed by atoms with E-state index in [2.05, 4.69) is 5.32 Å². The summed E-state index contributed by atoms with van der Waals surface area (Å²) in [6.45, 7) is 1.40. The predicted octanol–water partition coefficient (Wildman–Crippen LogP) is 3.30. The normalized spacial score (nSPS) is 18.4. The molecular weight excluding hydrogens is 380 g/mol. The van der Waals surface area contributed by atoms with Crippen molar-refractivity contribution in [3.8, 4) is 0 Å². The average Bonchev–Trinajstić information content (AvgIpc) is 3.22. The van der Waals surface area contributed by atoms with Crippen molar-refractivity contribution in [3.05, 3.63) is 64.2 Å². The smallest absolute Gasteiger partial charge is 0.339 e. The Kier molecular flexibility index (Phi) is 5.05. The van der Waals surface area contributed by atoms with E-state index < -0.39 is 18.0 Å². The Balaban J connectivity index is 1.56. The van der Waals surface area contributed by atoms with Crippen molar-refractivity contribution in [3.63, 3.8) is 0 Å². The van der Waals surface area contributed by atoms with Crippen molar-refractivity contribution in [2.75, 3.05) is 18.4 Å². The summed E-state index contributed by atoms with van der Waals surface area (Å²) < 4.78 is 5.30. The van der Waals surface area contributed by atoms with Gasteiger partial charge in [-0.1, -0.05) is 29.8 Å². The van der Waals surface area contributed by atoms with Crippen LogP contribution in [0.5, 0.6) is 0 Å². The highest BCUT2D eigenvalue weighted by atomic mass is 35.5. The third-order valence-corrected chi connectivity index (χ3v) is 5.28. The first kappa shape index (κ1) is 18.5. The molecule has 2 heterocycles. The van der Waals surface area contributed by atoms with Crippen molar-refractivity contribution in [2.45, 2.75) is 25.4 Å². The van der Waals surface area contributed by atoms with Crippen LogP contribution < -0.4 is 5.32 Å². The summed E-state index contributed by atoms with van der Waals surface area (Å²) in [5, 5.41) is 3.13. The van der Waals surface area contributed by atoms with E-state index in [1.54, 1.807) is 41.3 Å². The maximum atomic E-state index is 12.8. The molecule has 2 aromatic rings. The van der Waals surface area contributed by atoms with Crippen molar-refractivity contribution < 1.29 is 19.1 Å². The second-order valence-corrected chi connectivity index (χ2v) is 7.37. The highest BCUT2D eigenvalue weighted by Gasteiger charge is 2.32. The number of carbonyl (C=O) groups is 3. The monoisotopic (exact) mass is 398 g/mol. The van der Waals surface area contributed by atoms with Gasteiger partial charge in [-0.05, 0) is 42.7 Å². The molecule has 2 aliphatic heterocycles. The van der Waals surface area contributed by atoms with E-state index in [9.17, 15) is 14.4 Å². The molecule has 0 saturated carbocycles. The summed E-state index contributed by atoms with van der Waals surface area (Å²) in [6.07, 6.45) is 1.26. The first-order valence-corrected chi connectivity index (χ1v) is 9.59. The minimum atomic E-state index is -0.962. The van der Waals surface area contributed by atoms with E-state index in [0.717, 1.165) is 18.4 Å². The number of ether oxygens (including phenoxy) is 1. The third-order valence-electron chi connectivity index (χ3n) is 5.05. The van der Waals surface area contributed by atoms with Gasteiger partial charge in [0, 0.05) is 24.5 Å². The van der Waals surface area contributed by atoms with Gasteiger partial charge in [-0.15, -0.1) is 0 Å². The number of nitrogens with one attached hydrogen (secondary N) is 1. The first-order chi connectivity index (χ1) is 13.5. The third kappa shape index (κ3) is 3.60. The van der Waals surface area contributed by atoms with Crippen LogP contribution in [0.2, 0.25) is 5.02 Å². The van der Waals surface area contributed by atoms with Crippen molar-refractivity contribution >= 4 is 35.1 Å². The number of anilines is 1. The van der Waals surface area contributed by atoms with Gasteiger partial charge in [0.25, 0.3) is 11.8 Å². The highest BCUT2D eigenvalue weighted by molar-refractivity contribution is 6.31. The minimum Gasteiger partial charge on any atom is -0.448 e. The van der Waals surface area contributed by atoms with Gasteiger partial charge in [0.15, 0.2) is 6.10 Å². The molecule has 2 aliphatic rings. The zero-order valence-corrected chi connectivity index (χ0v) is 15.9.